The number of aliphatic hydroxyl groups excluding tert-OH is 3. The standard InChI is InChI=1S/C13H24N2O7/c1-7(17)15-10-12(20)11(19)8(6-16)22-13(10)21-5-3-2-4-9(14)18/h8,10-13,16,19-20H,2-6H2,1H3,(H2,14,18)(H,15,17)/t8?,10?,11-,12?,13+/m0/s1. The van der Waals surface area contributed by atoms with E-state index in [4.69, 9.17) is 20.3 Å². The zero-order valence-corrected chi connectivity index (χ0v) is 12.5. The van der Waals surface area contributed by atoms with Gasteiger partial charge in [-0.25, -0.2) is 0 Å². The van der Waals surface area contributed by atoms with Crippen LogP contribution < -0.4 is 11.1 Å². The van der Waals surface area contributed by atoms with Crippen molar-refractivity contribution in [1.29, 1.82) is 0 Å². The molecule has 1 rings (SSSR count). The Balaban J connectivity index is 2.57. The summed E-state index contributed by atoms with van der Waals surface area (Å²) < 4.78 is 10.8. The lowest BCUT2D eigenvalue weighted by atomic mass is 9.97. The summed E-state index contributed by atoms with van der Waals surface area (Å²) in [6.45, 7) is 0.989. The van der Waals surface area contributed by atoms with Gasteiger partial charge in [-0.1, -0.05) is 0 Å². The van der Waals surface area contributed by atoms with Gasteiger partial charge in [-0.2, -0.15) is 0 Å². The number of carbonyl (C=O) groups excluding carboxylic acids is 2. The molecule has 6 N–H and O–H groups in total. The number of carbonyl (C=O) groups is 2. The first-order valence-corrected chi connectivity index (χ1v) is 7.16. The molecule has 5 atom stereocenters. The van der Waals surface area contributed by atoms with E-state index in [9.17, 15) is 19.8 Å². The lowest BCUT2D eigenvalue weighted by molar-refractivity contribution is -0.270. The van der Waals surface area contributed by atoms with E-state index < -0.39 is 49.1 Å². The Kier molecular flexibility index (Phi) is 7.69. The number of aliphatic hydroxyl groups is 3. The van der Waals surface area contributed by atoms with Crippen molar-refractivity contribution in [3.8, 4) is 0 Å². The largest absolute Gasteiger partial charge is 0.394 e. The Labute approximate surface area is 128 Å². The summed E-state index contributed by atoms with van der Waals surface area (Å²) in [5.41, 5.74) is 5.02. The van der Waals surface area contributed by atoms with Gasteiger partial charge >= 0.3 is 0 Å². The molecular weight excluding hydrogens is 296 g/mol. The summed E-state index contributed by atoms with van der Waals surface area (Å²) in [7, 11) is 0. The molecule has 128 valence electrons. The molecule has 9 heteroatoms. The van der Waals surface area contributed by atoms with E-state index in [1.165, 1.54) is 6.92 Å². The number of nitrogens with two attached hydrogens (primary N) is 1. The zero-order valence-electron chi connectivity index (χ0n) is 12.5. The predicted molar refractivity (Wildman–Crippen MR) is 74.4 cm³/mol. The molecule has 0 aromatic rings. The van der Waals surface area contributed by atoms with Crippen molar-refractivity contribution in [2.24, 2.45) is 5.73 Å². The van der Waals surface area contributed by atoms with E-state index in [-0.39, 0.29) is 13.0 Å². The summed E-state index contributed by atoms with van der Waals surface area (Å²) >= 11 is 0. The molecule has 1 fully saturated rings. The van der Waals surface area contributed by atoms with E-state index in [1.54, 1.807) is 0 Å². The van der Waals surface area contributed by atoms with Crippen molar-refractivity contribution >= 4 is 11.8 Å². The molecule has 2 amide bonds. The fourth-order valence-corrected chi connectivity index (χ4v) is 2.21. The third kappa shape index (κ3) is 5.50. The van der Waals surface area contributed by atoms with Gasteiger partial charge in [0.15, 0.2) is 6.29 Å². The fourth-order valence-electron chi connectivity index (χ4n) is 2.21. The first-order chi connectivity index (χ1) is 10.4. The zero-order chi connectivity index (χ0) is 16.7. The fraction of sp³-hybridized carbons (Fsp3) is 0.846. The molecule has 0 aromatic carbocycles. The highest BCUT2D eigenvalue weighted by atomic mass is 16.7. The summed E-state index contributed by atoms with van der Waals surface area (Å²) in [6.07, 6.45) is -3.35. The Hall–Kier alpha value is -1.26. The molecule has 0 radical (unpaired) electrons. The van der Waals surface area contributed by atoms with Crippen molar-refractivity contribution in [2.75, 3.05) is 13.2 Å². The summed E-state index contributed by atoms with van der Waals surface area (Å²) in [6, 6.07) is -0.952. The monoisotopic (exact) mass is 320 g/mol. The first kappa shape index (κ1) is 18.8. The third-order valence-corrected chi connectivity index (χ3v) is 3.35. The second-order valence-electron chi connectivity index (χ2n) is 5.23. The van der Waals surface area contributed by atoms with Crippen LogP contribution >= 0.6 is 0 Å². The normalized spacial score (nSPS) is 31.7. The maximum Gasteiger partial charge on any atom is 0.217 e. The van der Waals surface area contributed by atoms with Crippen molar-refractivity contribution < 1.29 is 34.4 Å². The third-order valence-electron chi connectivity index (χ3n) is 3.35. The van der Waals surface area contributed by atoms with Crippen LogP contribution in [0.25, 0.3) is 0 Å². The maximum absolute atomic E-state index is 11.2. The quantitative estimate of drug-likeness (QED) is 0.313. The van der Waals surface area contributed by atoms with E-state index in [1.807, 2.05) is 0 Å². The Morgan fingerprint density at radius 1 is 1.27 bits per heavy atom. The van der Waals surface area contributed by atoms with Gasteiger partial charge in [-0.3, -0.25) is 9.59 Å². The summed E-state index contributed by atoms with van der Waals surface area (Å²) in [4.78, 5) is 21.8. The molecule has 0 bridgehead atoms. The van der Waals surface area contributed by atoms with Crippen molar-refractivity contribution in [3.63, 3.8) is 0 Å². The minimum atomic E-state index is -1.34. The van der Waals surface area contributed by atoms with E-state index in [2.05, 4.69) is 5.32 Å². The highest BCUT2D eigenvalue weighted by molar-refractivity contribution is 5.73. The second-order valence-corrected chi connectivity index (χ2v) is 5.23. The average Bonchev–Trinajstić information content (AvgIpc) is 2.45. The minimum absolute atomic E-state index is 0.217. The van der Waals surface area contributed by atoms with Gasteiger partial charge < -0.3 is 35.8 Å². The SMILES string of the molecule is CC(=O)NC1C(O)[C@@H](O)C(CO)O[C@H]1OCCCCC(N)=O. The van der Waals surface area contributed by atoms with E-state index >= 15 is 0 Å². The molecule has 22 heavy (non-hydrogen) atoms. The minimum Gasteiger partial charge on any atom is -0.394 e. The van der Waals surface area contributed by atoms with Gasteiger partial charge in [0.25, 0.3) is 0 Å². The van der Waals surface area contributed by atoms with Gasteiger partial charge in [0.05, 0.1) is 6.61 Å². The Morgan fingerprint density at radius 2 is 1.95 bits per heavy atom. The van der Waals surface area contributed by atoms with Gasteiger partial charge in [-0.15, -0.1) is 0 Å². The predicted octanol–water partition coefficient (Wildman–Crippen LogP) is -2.40. The highest BCUT2D eigenvalue weighted by Crippen LogP contribution is 2.22. The molecule has 1 heterocycles. The van der Waals surface area contributed by atoms with Crippen molar-refractivity contribution in [2.45, 2.75) is 56.8 Å². The second kappa shape index (κ2) is 9.01. The Bertz CT molecular complexity index is 379. The molecule has 3 unspecified atom stereocenters. The number of nitrogens with one attached hydrogen (secondary N) is 1. The maximum atomic E-state index is 11.2. The summed E-state index contributed by atoms with van der Waals surface area (Å²) in [5, 5.41) is 31.5. The molecule has 0 aliphatic carbocycles. The lowest BCUT2D eigenvalue weighted by Gasteiger charge is -2.42. The highest BCUT2D eigenvalue weighted by Gasteiger charge is 2.45. The average molecular weight is 320 g/mol. The number of unbranched alkanes of at least 4 members (excludes halogenated alkanes) is 1. The summed E-state index contributed by atoms with van der Waals surface area (Å²) in [5.74, 6) is -0.812. The van der Waals surface area contributed by atoms with Crippen LogP contribution in [0.1, 0.15) is 26.2 Å². The number of hydrogen-bond donors (Lipinski definition) is 5. The van der Waals surface area contributed by atoms with Gasteiger partial charge in [0, 0.05) is 20.0 Å². The molecule has 1 aliphatic rings. The van der Waals surface area contributed by atoms with E-state index in [0.29, 0.717) is 12.8 Å². The van der Waals surface area contributed by atoms with Crippen LogP contribution in [0.2, 0.25) is 0 Å². The number of rotatable bonds is 8. The first-order valence-electron chi connectivity index (χ1n) is 7.16. The van der Waals surface area contributed by atoms with Crippen LogP contribution in [0.15, 0.2) is 0 Å². The number of ether oxygens (including phenoxy) is 2. The van der Waals surface area contributed by atoms with Crippen LogP contribution in [0.5, 0.6) is 0 Å². The number of amides is 2. The topological polar surface area (TPSA) is 151 Å². The van der Waals surface area contributed by atoms with Gasteiger partial charge in [-0.05, 0) is 12.8 Å². The van der Waals surface area contributed by atoms with Crippen molar-refractivity contribution in [3.05, 3.63) is 0 Å². The molecule has 9 nitrogen and oxygen atoms in total. The van der Waals surface area contributed by atoms with Gasteiger partial charge in [0.1, 0.15) is 24.4 Å². The van der Waals surface area contributed by atoms with Crippen LogP contribution in [0, 0.1) is 0 Å². The molecule has 0 saturated carbocycles. The van der Waals surface area contributed by atoms with Crippen LogP contribution in [0.3, 0.4) is 0 Å². The van der Waals surface area contributed by atoms with Gasteiger partial charge in [0.2, 0.25) is 11.8 Å². The Morgan fingerprint density at radius 3 is 2.50 bits per heavy atom. The van der Waals surface area contributed by atoms with Crippen LogP contribution in [0.4, 0.5) is 0 Å². The molecular formula is C13H24N2O7. The van der Waals surface area contributed by atoms with Crippen molar-refractivity contribution in [1.82, 2.24) is 5.32 Å². The molecule has 1 aliphatic heterocycles. The smallest absolute Gasteiger partial charge is 0.217 e. The van der Waals surface area contributed by atoms with E-state index in [0.717, 1.165) is 0 Å². The lowest BCUT2D eigenvalue weighted by Crippen LogP contribution is -2.64. The number of hydrogen-bond acceptors (Lipinski definition) is 7. The molecule has 0 aromatic heterocycles. The molecule has 0 spiro atoms. The van der Waals surface area contributed by atoms with Crippen LogP contribution in [-0.2, 0) is 19.1 Å². The molecule has 1 saturated heterocycles. The van der Waals surface area contributed by atoms with Crippen LogP contribution in [-0.4, -0.2) is 71.0 Å². The number of primary amides is 1.